The van der Waals surface area contributed by atoms with Crippen LogP contribution in [0.4, 0.5) is 4.79 Å². The molecule has 20 heavy (non-hydrogen) atoms. The van der Waals surface area contributed by atoms with E-state index in [1.54, 1.807) is 0 Å². The zero-order valence-electron chi connectivity index (χ0n) is 11.6. The van der Waals surface area contributed by atoms with Gasteiger partial charge >= 0.3 is 12.0 Å². The number of amides is 3. The largest absolute Gasteiger partial charge is 0.480 e. The molecule has 0 spiro atoms. The summed E-state index contributed by atoms with van der Waals surface area (Å²) in [5.41, 5.74) is 0. The number of hydrogen-bond donors (Lipinski definition) is 3. The van der Waals surface area contributed by atoms with Gasteiger partial charge in [-0.15, -0.1) is 0 Å². The highest BCUT2D eigenvalue weighted by atomic mass is 16.4. The summed E-state index contributed by atoms with van der Waals surface area (Å²) in [6, 6.07) is -1.03. The first-order chi connectivity index (χ1) is 9.47. The molecule has 7 nitrogen and oxygen atoms in total. The first kappa shape index (κ1) is 14.6. The molecule has 2 atom stereocenters. The average molecular weight is 283 g/mol. The Hall–Kier alpha value is -1.79. The van der Waals surface area contributed by atoms with Crippen molar-refractivity contribution in [3.05, 3.63) is 0 Å². The van der Waals surface area contributed by atoms with E-state index in [0.29, 0.717) is 18.9 Å². The Balaban J connectivity index is 1.82. The van der Waals surface area contributed by atoms with Crippen molar-refractivity contribution in [2.45, 2.75) is 44.7 Å². The van der Waals surface area contributed by atoms with Crippen molar-refractivity contribution < 1.29 is 19.5 Å². The molecule has 7 heteroatoms. The van der Waals surface area contributed by atoms with Crippen LogP contribution in [0.1, 0.15) is 32.6 Å². The van der Waals surface area contributed by atoms with E-state index in [1.165, 1.54) is 4.90 Å². The number of rotatable bonds is 4. The second-order valence-electron chi connectivity index (χ2n) is 5.68. The highest BCUT2D eigenvalue weighted by Crippen LogP contribution is 2.22. The fraction of sp³-hybridized carbons (Fsp3) is 0.769. The van der Waals surface area contributed by atoms with Crippen LogP contribution >= 0.6 is 0 Å². The number of likely N-dealkylation sites (tertiary alicyclic amines) is 1. The summed E-state index contributed by atoms with van der Waals surface area (Å²) < 4.78 is 0. The van der Waals surface area contributed by atoms with Gasteiger partial charge in [-0.05, 0) is 31.6 Å². The number of carboxylic acids is 1. The first-order valence-electron chi connectivity index (χ1n) is 7.04. The number of carboxylic acid groups (broad SMARTS) is 1. The molecule has 0 bridgehead atoms. The third-order valence-corrected chi connectivity index (χ3v) is 3.75. The van der Waals surface area contributed by atoms with Crippen LogP contribution in [-0.2, 0) is 9.59 Å². The Kier molecular flexibility index (Phi) is 4.46. The SMILES string of the molecule is CC1CCN(C(=O)NCC(=O)NC2CC2)C(C(=O)O)C1. The van der Waals surface area contributed by atoms with E-state index in [9.17, 15) is 19.5 Å². The lowest BCUT2D eigenvalue weighted by Gasteiger charge is -2.35. The second kappa shape index (κ2) is 6.11. The van der Waals surface area contributed by atoms with Crippen molar-refractivity contribution in [3.63, 3.8) is 0 Å². The maximum atomic E-state index is 12.0. The Morgan fingerprint density at radius 2 is 1.95 bits per heavy atom. The number of aliphatic carboxylic acids is 1. The molecule has 1 heterocycles. The third kappa shape index (κ3) is 3.85. The van der Waals surface area contributed by atoms with Gasteiger partial charge in [-0.2, -0.15) is 0 Å². The molecule has 3 N–H and O–H groups in total. The Morgan fingerprint density at radius 1 is 1.25 bits per heavy atom. The van der Waals surface area contributed by atoms with Crippen LogP contribution in [0.5, 0.6) is 0 Å². The van der Waals surface area contributed by atoms with Crippen LogP contribution < -0.4 is 10.6 Å². The minimum Gasteiger partial charge on any atom is -0.480 e. The topological polar surface area (TPSA) is 98.7 Å². The molecule has 2 rings (SSSR count). The summed E-state index contributed by atoms with van der Waals surface area (Å²) in [5.74, 6) is -0.925. The number of carbonyl (C=O) groups excluding carboxylic acids is 2. The molecule has 3 amide bonds. The van der Waals surface area contributed by atoms with E-state index < -0.39 is 18.0 Å². The first-order valence-corrected chi connectivity index (χ1v) is 7.04. The molecule has 112 valence electrons. The summed E-state index contributed by atoms with van der Waals surface area (Å²) >= 11 is 0. The van der Waals surface area contributed by atoms with E-state index in [2.05, 4.69) is 10.6 Å². The molecular formula is C13H21N3O4. The van der Waals surface area contributed by atoms with Crippen LogP contribution in [0, 0.1) is 5.92 Å². The molecule has 0 aromatic rings. The number of nitrogens with zero attached hydrogens (tertiary/aromatic N) is 1. The van der Waals surface area contributed by atoms with Crippen molar-refractivity contribution in [3.8, 4) is 0 Å². The fourth-order valence-corrected chi connectivity index (χ4v) is 2.38. The van der Waals surface area contributed by atoms with E-state index >= 15 is 0 Å². The van der Waals surface area contributed by atoms with Crippen LogP contribution in [0.15, 0.2) is 0 Å². The smallest absolute Gasteiger partial charge is 0.326 e. The van der Waals surface area contributed by atoms with Gasteiger partial charge in [0.05, 0.1) is 6.54 Å². The number of nitrogens with one attached hydrogen (secondary N) is 2. The standard InChI is InChI=1S/C13H21N3O4/c1-8-4-5-16(10(6-8)12(18)19)13(20)14-7-11(17)15-9-2-3-9/h8-10H,2-7H2,1H3,(H,14,20)(H,15,17)(H,18,19). The molecule has 1 aliphatic heterocycles. The summed E-state index contributed by atoms with van der Waals surface area (Å²) in [6.45, 7) is 2.29. The van der Waals surface area contributed by atoms with E-state index in [0.717, 1.165) is 19.3 Å². The number of urea groups is 1. The molecular weight excluding hydrogens is 262 g/mol. The number of hydrogen-bond acceptors (Lipinski definition) is 3. The van der Waals surface area contributed by atoms with Gasteiger partial charge in [0.2, 0.25) is 5.91 Å². The maximum absolute atomic E-state index is 12.0. The lowest BCUT2D eigenvalue weighted by atomic mass is 9.93. The zero-order chi connectivity index (χ0) is 14.7. The van der Waals surface area contributed by atoms with Crippen LogP contribution in [0.3, 0.4) is 0 Å². The summed E-state index contributed by atoms with van der Waals surface area (Å²) in [4.78, 5) is 36.0. The third-order valence-electron chi connectivity index (χ3n) is 3.75. The van der Waals surface area contributed by atoms with Gasteiger partial charge < -0.3 is 20.6 Å². The minimum atomic E-state index is -0.992. The van der Waals surface area contributed by atoms with Crippen molar-refractivity contribution in [1.82, 2.24) is 15.5 Å². The predicted molar refractivity (Wildman–Crippen MR) is 71.1 cm³/mol. The van der Waals surface area contributed by atoms with E-state index in [4.69, 9.17) is 0 Å². The fourth-order valence-electron chi connectivity index (χ4n) is 2.38. The van der Waals surface area contributed by atoms with Gasteiger partial charge in [0.1, 0.15) is 6.04 Å². The van der Waals surface area contributed by atoms with Crippen LogP contribution in [-0.4, -0.2) is 53.1 Å². The molecule has 2 fully saturated rings. The highest BCUT2D eigenvalue weighted by Gasteiger charge is 2.34. The highest BCUT2D eigenvalue weighted by molar-refractivity contribution is 5.87. The monoisotopic (exact) mass is 283 g/mol. The Morgan fingerprint density at radius 3 is 2.55 bits per heavy atom. The normalized spacial score (nSPS) is 25.9. The summed E-state index contributed by atoms with van der Waals surface area (Å²) in [6.07, 6.45) is 3.22. The zero-order valence-corrected chi connectivity index (χ0v) is 11.6. The molecule has 0 radical (unpaired) electrons. The maximum Gasteiger partial charge on any atom is 0.326 e. The van der Waals surface area contributed by atoms with Gasteiger partial charge in [-0.3, -0.25) is 4.79 Å². The Bertz CT molecular complexity index is 408. The van der Waals surface area contributed by atoms with Crippen molar-refractivity contribution in [1.29, 1.82) is 0 Å². The van der Waals surface area contributed by atoms with Crippen LogP contribution in [0.25, 0.3) is 0 Å². The lowest BCUT2D eigenvalue weighted by molar-refractivity contribution is -0.143. The van der Waals surface area contributed by atoms with Crippen LogP contribution in [0.2, 0.25) is 0 Å². The van der Waals surface area contributed by atoms with Crippen molar-refractivity contribution >= 4 is 17.9 Å². The summed E-state index contributed by atoms with van der Waals surface area (Å²) in [5, 5.41) is 14.4. The number of piperidine rings is 1. The van der Waals surface area contributed by atoms with E-state index in [-0.39, 0.29) is 18.5 Å². The molecule has 0 aromatic heterocycles. The molecule has 0 aromatic carbocycles. The quantitative estimate of drug-likeness (QED) is 0.684. The predicted octanol–water partition coefficient (Wildman–Crippen LogP) is 0.160. The molecule has 1 aliphatic carbocycles. The van der Waals surface area contributed by atoms with Gasteiger partial charge in [-0.25, -0.2) is 9.59 Å². The van der Waals surface area contributed by atoms with Gasteiger partial charge in [0, 0.05) is 12.6 Å². The summed E-state index contributed by atoms with van der Waals surface area (Å²) in [7, 11) is 0. The van der Waals surface area contributed by atoms with Gasteiger partial charge in [-0.1, -0.05) is 6.92 Å². The van der Waals surface area contributed by atoms with E-state index in [1.807, 2.05) is 6.92 Å². The molecule has 2 aliphatic rings. The van der Waals surface area contributed by atoms with Gasteiger partial charge in [0.25, 0.3) is 0 Å². The average Bonchev–Trinajstić information content (AvgIpc) is 3.19. The molecule has 1 saturated carbocycles. The number of carbonyl (C=O) groups is 3. The van der Waals surface area contributed by atoms with Crippen molar-refractivity contribution in [2.75, 3.05) is 13.1 Å². The molecule has 1 saturated heterocycles. The Labute approximate surface area is 117 Å². The second-order valence-corrected chi connectivity index (χ2v) is 5.68. The lowest BCUT2D eigenvalue weighted by Crippen LogP contribution is -2.54. The van der Waals surface area contributed by atoms with Crippen molar-refractivity contribution in [2.24, 2.45) is 5.92 Å². The minimum absolute atomic E-state index is 0.103. The molecule has 2 unspecified atom stereocenters. The van der Waals surface area contributed by atoms with Gasteiger partial charge in [0.15, 0.2) is 0 Å².